The molecule has 1 aliphatic carbocycles. The maximum absolute atomic E-state index is 13.1. The quantitative estimate of drug-likeness (QED) is 0.845. The normalized spacial score (nSPS) is 16.9. The third-order valence-electron chi connectivity index (χ3n) is 4.89. The molecular weight excluding hydrogens is 358 g/mol. The number of nitrogens with one attached hydrogen (secondary N) is 1. The molecule has 0 saturated heterocycles. The number of carbonyl (C=O) groups is 2. The van der Waals surface area contributed by atoms with Gasteiger partial charge in [0, 0.05) is 18.0 Å². The van der Waals surface area contributed by atoms with Crippen LogP contribution in [-0.2, 0) is 4.79 Å². The van der Waals surface area contributed by atoms with Crippen LogP contribution in [0.2, 0.25) is 0 Å². The predicted molar refractivity (Wildman–Crippen MR) is 108 cm³/mol. The van der Waals surface area contributed by atoms with Gasteiger partial charge in [-0.25, -0.2) is 0 Å². The zero-order valence-corrected chi connectivity index (χ0v) is 16.8. The van der Waals surface area contributed by atoms with Crippen LogP contribution in [0.25, 0.3) is 0 Å². The van der Waals surface area contributed by atoms with Gasteiger partial charge < -0.3 is 5.32 Å². The number of amides is 1. The van der Waals surface area contributed by atoms with E-state index in [1.807, 2.05) is 36.6 Å². The first kappa shape index (κ1) is 19.5. The van der Waals surface area contributed by atoms with Crippen molar-refractivity contribution in [2.75, 3.05) is 0 Å². The average Bonchev–Trinajstić information content (AvgIpc) is 3.16. The summed E-state index contributed by atoms with van der Waals surface area (Å²) in [5.41, 5.74) is 1.81. The van der Waals surface area contributed by atoms with Crippen LogP contribution < -0.4 is 10.8 Å². The number of nitrogens with zero attached hydrogens (tertiary/aromatic N) is 2. The molecule has 2 aromatic rings. The fourth-order valence-electron chi connectivity index (χ4n) is 3.53. The topological polar surface area (TPSA) is 63.5 Å². The summed E-state index contributed by atoms with van der Waals surface area (Å²) in [6.07, 6.45) is 7.88. The molecule has 0 spiro atoms. The number of pyridine rings is 1. The first-order chi connectivity index (χ1) is 13.0. The lowest BCUT2D eigenvalue weighted by Gasteiger charge is -2.19. The lowest BCUT2D eigenvalue weighted by atomic mass is 9.96. The van der Waals surface area contributed by atoms with E-state index >= 15 is 0 Å². The molecule has 1 atom stereocenters. The van der Waals surface area contributed by atoms with Crippen LogP contribution in [0.5, 0.6) is 0 Å². The summed E-state index contributed by atoms with van der Waals surface area (Å²) in [6, 6.07) is 7.77. The number of thiophene rings is 1. The minimum absolute atomic E-state index is 0.0586. The van der Waals surface area contributed by atoms with Crippen molar-refractivity contribution in [1.82, 2.24) is 9.88 Å². The summed E-state index contributed by atoms with van der Waals surface area (Å²) in [7, 11) is 0. The van der Waals surface area contributed by atoms with Crippen LogP contribution in [0, 0.1) is 6.92 Å². The van der Waals surface area contributed by atoms with Crippen molar-refractivity contribution >= 4 is 23.2 Å². The zero-order chi connectivity index (χ0) is 19.2. The SMILES string of the molecule is CC(=O)NC(CC(=O)n1ccc(C)cc1=NC1CCCCC1)c1cccs1. The second-order valence-corrected chi connectivity index (χ2v) is 8.20. The molecule has 0 aromatic carbocycles. The van der Waals surface area contributed by atoms with Crippen molar-refractivity contribution in [1.29, 1.82) is 0 Å². The number of hydrogen-bond acceptors (Lipinski definition) is 4. The van der Waals surface area contributed by atoms with Gasteiger partial charge in [-0.1, -0.05) is 25.3 Å². The van der Waals surface area contributed by atoms with Crippen molar-refractivity contribution in [3.63, 3.8) is 0 Å². The van der Waals surface area contributed by atoms with E-state index in [2.05, 4.69) is 5.32 Å². The summed E-state index contributed by atoms with van der Waals surface area (Å²) < 4.78 is 1.64. The van der Waals surface area contributed by atoms with Crippen LogP contribution in [0.15, 0.2) is 40.8 Å². The third kappa shape index (κ3) is 5.39. The van der Waals surface area contributed by atoms with Gasteiger partial charge in [0.15, 0.2) is 0 Å². The molecule has 0 aliphatic heterocycles. The predicted octanol–water partition coefficient (Wildman–Crippen LogP) is 4.00. The van der Waals surface area contributed by atoms with E-state index in [9.17, 15) is 9.59 Å². The molecule has 1 unspecified atom stereocenters. The van der Waals surface area contributed by atoms with Gasteiger partial charge in [-0.05, 0) is 48.9 Å². The Morgan fingerprint density at radius 2 is 2.07 bits per heavy atom. The number of carbonyl (C=O) groups excluding carboxylic acids is 2. The van der Waals surface area contributed by atoms with Crippen LogP contribution in [-0.4, -0.2) is 22.4 Å². The van der Waals surface area contributed by atoms with Gasteiger partial charge in [0.2, 0.25) is 11.8 Å². The fourth-order valence-corrected chi connectivity index (χ4v) is 4.31. The molecule has 27 heavy (non-hydrogen) atoms. The highest BCUT2D eigenvalue weighted by atomic mass is 32.1. The van der Waals surface area contributed by atoms with Gasteiger partial charge in [-0.15, -0.1) is 11.3 Å². The molecule has 1 saturated carbocycles. The molecule has 1 N–H and O–H groups in total. The molecule has 1 aliphatic rings. The molecule has 0 bridgehead atoms. The van der Waals surface area contributed by atoms with Gasteiger partial charge in [0.1, 0.15) is 5.49 Å². The second kappa shape index (κ2) is 9.13. The lowest BCUT2D eigenvalue weighted by molar-refractivity contribution is -0.119. The summed E-state index contributed by atoms with van der Waals surface area (Å²) in [6.45, 7) is 3.49. The van der Waals surface area contributed by atoms with Crippen LogP contribution in [0.4, 0.5) is 0 Å². The Morgan fingerprint density at radius 3 is 2.74 bits per heavy atom. The maximum atomic E-state index is 13.1. The standard InChI is InChI=1S/C21H27N3O2S/c1-15-10-11-24(20(13-15)23-17-7-4-3-5-8-17)21(26)14-18(22-16(2)25)19-9-6-12-27-19/h6,9-13,17-18H,3-5,7-8,14H2,1-2H3,(H,22,25). The second-order valence-electron chi connectivity index (χ2n) is 7.22. The Morgan fingerprint density at radius 1 is 1.30 bits per heavy atom. The van der Waals surface area contributed by atoms with E-state index in [4.69, 9.17) is 4.99 Å². The molecule has 1 amide bonds. The number of hydrogen-bond donors (Lipinski definition) is 1. The Hall–Kier alpha value is -2.21. The Labute approximate surface area is 164 Å². The van der Waals surface area contributed by atoms with Crippen molar-refractivity contribution in [3.8, 4) is 0 Å². The molecule has 144 valence electrons. The van der Waals surface area contributed by atoms with Crippen LogP contribution in [0.3, 0.4) is 0 Å². The van der Waals surface area contributed by atoms with Crippen molar-refractivity contribution < 1.29 is 9.59 Å². The zero-order valence-electron chi connectivity index (χ0n) is 16.0. The highest BCUT2D eigenvalue weighted by Gasteiger charge is 2.20. The maximum Gasteiger partial charge on any atom is 0.234 e. The van der Waals surface area contributed by atoms with Gasteiger partial charge >= 0.3 is 0 Å². The summed E-state index contributed by atoms with van der Waals surface area (Å²) in [5.74, 6) is -0.195. The van der Waals surface area contributed by atoms with E-state index < -0.39 is 0 Å². The Balaban J connectivity index is 1.87. The highest BCUT2D eigenvalue weighted by Crippen LogP contribution is 2.23. The van der Waals surface area contributed by atoms with Crippen molar-refractivity contribution in [2.24, 2.45) is 4.99 Å². The summed E-state index contributed by atoms with van der Waals surface area (Å²) in [5, 5.41) is 4.86. The van der Waals surface area contributed by atoms with Gasteiger partial charge in [-0.3, -0.25) is 19.1 Å². The summed E-state index contributed by atoms with van der Waals surface area (Å²) >= 11 is 1.55. The van der Waals surface area contributed by atoms with Crippen LogP contribution in [0.1, 0.15) is 66.7 Å². The largest absolute Gasteiger partial charge is 0.348 e. The molecule has 2 aromatic heterocycles. The van der Waals surface area contributed by atoms with Gasteiger partial charge in [0.25, 0.3) is 0 Å². The molecule has 1 fully saturated rings. The number of aryl methyl sites for hydroxylation is 1. The highest BCUT2D eigenvalue weighted by molar-refractivity contribution is 7.10. The lowest BCUT2D eigenvalue weighted by Crippen LogP contribution is -2.33. The smallest absolute Gasteiger partial charge is 0.234 e. The average molecular weight is 386 g/mol. The van der Waals surface area contributed by atoms with Crippen molar-refractivity contribution in [3.05, 3.63) is 51.8 Å². The molecule has 0 radical (unpaired) electrons. The van der Waals surface area contributed by atoms with E-state index in [1.165, 1.54) is 26.2 Å². The van der Waals surface area contributed by atoms with E-state index in [1.54, 1.807) is 22.1 Å². The van der Waals surface area contributed by atoms with E-state index in [0.717, 1.165) is 28.8 Å². The monoisotopic (exact) mass is 385 g/mol. The minimum Gasteiger partial charge on any atom is -0.348 e. The molecule has 2 heterocycles. The molecule has 3 rings (SSSR count). The molecule has 6 heteroatoms. The first-order valence-corrected chi connectivity index (χ1v) is 10.5. The summed E-state index contributed by atoms with van der Waals surface area (Å²) in [4.78, 5) is 30.5. The Kier molecular flexibility index (Phi) is 6.61. The number of rotatable bonds is 5. The minimum atomic E-state index is -0.314. The van der Waals surface area contributed by atoms with E-state index in [-0.39, 0.29) is 24.3 Å². The van der Waals surface area contributed by atoms with Gasteiger partial charge in [-0.2, -0.15) is 0 Å². The molecular formula is C21H27N3O2S. The number of aromatic nitrogens is 1. The first-order valence-electron chi connectivity index (χ1n) is 9.60. The fraction of sp³-hybridized carbons (Fsp3) is 0.476. The Bertz CT molecular complexity index is 849. The van der Waals surface area contributed by atoms with Gasteiger partial charge in [0.05, 0.1) is 18.5 Å². The van der Waals surface area contributed by atoms with Crippen molar-refractivity contribution in [2.45, 2.75) is 64.5 Å². The van der Waals surface area contributed by atoms with Crippen LogP contribution >= 0.6 is 11.3 Å². The third-order valence-corrected chi connectivity index (χ3v) is 5.88. The van der Waals surface area contributed by atoms with E-state index in [0.29, 0.717) is 6.04 Å². The molecule has 5 nitrogen and oxygen atoms in total.